The Kier molecular flexibility index (Phi) is 3.67. The molecule has 1 fully saturated rings. The maximum atomic E-state index is 11.1. The second-order valence-corrected chi connectivity index (χ2v) is 4.58. The molecule has 0 saturated carbocycles. The van der Waals surface area contributed by atoms with Crippen molar-refractivity contribution < 1.29 is 9.90 Å². The molecule has 1 N–H and O–H groups in total. The molecule has 1 saturated heterocycles. The maximum absolute atomic E-state index is 11.1. The van der Waals surface area contributed by atoms with Gasteiger partial charge < -0.3 is 10.0 Å². The van der Waals surface area contributed by atoms with E-state index in [9.17, 15) is 4.79 Å². The van der Waals surface area contributed by atoms with Crippen molar-refractivity contribution in [3.8, 4) is 0 Å². The number of anilines is 1. The lowest BCUT2D eigenvalue weighted by Gasteiger charge is -2.18. The minimum atomic E-state index is -0.735. The van der Waals surface area contributed by atoms with Crippen molar-refractivity contribution in [3.63, 3.8) is 0 Å². The smallest absolute Gasteiger partial charge is 0.310 e. The van der Waals surface area contributed by atoms with E-state index in [-0.39, 0.29) is 5.92 Å². The van der Waals surface area contributed by atoms with Gasteiger partial charge in [-0.15, -0.1) is 0 Å². The molecule has 1 heterocycles. The van der Waals surface area contributed by atoms with E-state index in [4.69, 9.17) is 5.11 Å². The molecule has 92 valence electrons. The number of carbonyl (C=O) groups is 1. The quantitative estimate of drug-likeness (QED) is 0.869. The Morgan fingerprint density at radius 1 is 1.29 bits per heavy atom. The van der Waals surface area contributed by atoms with Crippen molar-refractivity contribution in [2.24, 2.45) is 0 Å². The van der Waals surface area contributed by atoms with E-state index in [1.54, 1.807) is 0 Å². The second kappa shape index (κ2) is 5.21. The van der Waals surface area contributed by atoms with Crippen LogP contribution in [0.1, 0.15) is 37.7 Å². The van der Waals surface area contributed by atoms with Crippen LogP contribution in [0.25, 0.3) is 0 Å². The average molecular weight is 233 g/mol. The van der Waals surface area contributed by atoms with Crippen LogP contribution in [-0.4, -0.2) is 24.2 Å². The van der Waals surface area contributed by atoms with Gasteiger partial charge in [-0.1, -0.05) is 19.1 Å². The highest BCUT2D eigenvalue weighted by Gasteiger charge is 2.18. The van der Waals surface area contributed by atoms with Crippen LogP contribution in [0.4, 0.5) is 5.69 Å². The number of aliphatic carboxylic acids is 1. The molecule has 1 aliphatic rings. The summed E-state index contributed by atoms with van der Waals surface area (Å²) in [5.74, 6) is -1.11. The van der Waals surface area contributed by atoms with E-state index in [0.717, 1.165) is 18.7 Å². The Morgan fingerprint density at radius 3 is 2.35 bits per heavy atom. The highest BCUT2D eigenvalue weighted by molar-refractivity contribution is 5.76. The highest BCUT2D eigenvalue weighted by Crippen LogP contribution is 2.25. The number of benzene rings is 1. The van der Waals surface area contributed by atoms with Crippen LogP contribution in [0.15, 0.2) is 24.3 Å². The van der Waals surface area contributed by atoms with Gasteiger partial charge in [-0.3, -0.25) is 4.79 Å². The zero-order chi connectivity index (χ0) is 12.3. The molecule has 1 aliphatic heterocycles. The Morgan fingerprint density at radius 2 is 1.88 bits per heavy atom. The Balaban J connectivity index is 2.14. The van der Waals surface area contributed by atoms with Gasteiger partial charge >= 0.3 is 5.97 Å². The van der Waals surface area contributed by atoms with E-state index in [2.05, 4.69) is 4.90 Å². The van der Waals surface area contributed by atoms with Crippen molar-refractivity contribution in [3.05, 3.63) is 29.8 Å². The van der Waals surface area contributed by atoms with Gasteiger partial charge in [0.05, 0.1) is 5.92 Å². The molecule has 0 aromatic heterocycles. The first kappa shape index (κ1) is 12.0. The number of nitrogens with zero attached hydrogens (tertiary/aromatic N) is 1. The van der Waals surface area contributed by atoms with Gasteiger partial charge in [0.15, 0.2) is 0 Å². The summed E-state index contributed by atoms with van der Waals surface area (Å²) < 4.78 is 0. The molecule has 1 atom stereocenters. The first-order valence-electron chi connectivity index (χ1n) is 6.30. The van der Waals surface area contributed by atoms with Crippen molar-refractivity contribution in [2.45, 2.75) is 32.1 Å². The van der Waals surface area contributed by atoms with E-state index in [0.29, 0.717) is 6.42 Å². The van der Waals surface area contributed by atoms with Gasteiger partial charge in [0.1, 0.15) is 0 Å². The fraction of sp³-hybridized carbons (Fsp3) is 0.500. The monoisotopic (exact) mass is 233 g/mol. The van der Waals surface area contributed by atoms with Gasteiger partial charge in [-0.25, -0.2) is 0 Å². The average Bonchev–Trinajstić information content (AvgIpc) is 2.84. The first-order valence-corrected chi connectivity index (χ1v) is 6.30. The molecule has 3 heteroatoms. The van der Waals surface area contributed by atoms with Crippen LogP contribution in [-0.2, 0) is 4.79 Å². The molecule has 17 heavy (non-hydrogen) atoms. The summed E-state index contributed by atoms with van der Waals surface area (Å²) in [6.07, 6.45) is 3.15. The normalized spacial score (nSPS) is 17.1. The molecule has 2 rings (SSSR count). The van der Waals surface area contributed by atoms with Crippen molar-refractivity contribution >= 4 is 11.7 Å². The molecule has 0 aliphatic carbocycles. The molecule has 0 bridgehead atoms. The fourth-order valence-corrected chi connectivity index (χ4v) is 2.45. The lowest BCUT2D eigenvalue weighted by atomic mass is 9.96. The van der Waals surface area contributed by atoms with E-state index in [1.807, 2.05) is 31.2 Å². The summed E-state index contributed by atoms with van der Waals surface area (Å²) in [5, 5.41) is 9.10. The van der Waals surface area contributed by atoms with Gasteiger partial charge in [-0.05, 0) is 37.0 Å². The number of rotatable bonds is 4. The molecule has 0 radical (unpaired) electrons. The Hall–Kier alpha value is -1.51. The van der Waals surface area contributed by atoms with E-state index >= 15 is 0 Å². The minimum Gasteiger partial charge on any atom is -0.481 e. The van der Waals surface area contributed by atoms with Crippen LogP contribution in [0.2, 0.25) is 0 Å². The van der Waals surface area contributed by atoms with Crippen LogP contribution < -0.4 is 4.90 Å². The van der Waals surface area contributed by atoms with E-state index < -0.39 is 5.97 Å². The molecule has 1 aromatic carbocycles. The third-order valence-corrected chi connectivity index (χ3v) is 3.47. The van der Waals surface area contributed by atoms with Gasteiger partial charge in [0.25, 0.3) is 0 Å². The summed E-state index contributed by atoms with van der Waals surface area (Å²) in [7, 11) is 0. The Bertz CT molecular complexity index is 380. The second-order valence-electron chi connectivity index (χ2n) is 4.58. The molecular weight excluding hydrogens is 214 g/mol. The van der Waals surface area contributed by atoms with Gasteiger partial charge in [0.2, 0.25) is 0 Å². The van der Waals surface area contributed by atoms with Crippen LogP contribution in [0.3, 0.4) is 0 Å². The third kappa shape index (κ3) is 2.60. The molecule has 0 unspecified atom stereocenters. The highest BCUT2D eigenvalue weighted by atomic mass is 16.4. The third-order valence-electron chi connectivity index (χ3n) is 3.47. The number of carboxylic acids is 1. The Labute approximate surface area is 102 Å². The van der Waals surface area contributed by atoms with Crippen molar-refractivity contribution in [2.75, 3.05) is 18.0 Å². The van der Waals surface area contributed by atoms with E-state index in [1.165, 1.54) is 18.5 Å². The maximum Gasteiger partial charge on any atom is 0.310 e. The lowest BCUT2D eigenvalue weighted by molar-refractivity contribution is -0.138. The minimum absolute atomic E-state index is 0.373. The zero-order valence-corrected chi connectivity index (χ0v) is 10.2. The van der Waals surface area contributed by atoms with Crippen LogP contribution in [0.5, 0.6) is 0 Å². The van der Waals surface area contributed by atoms with Crippen molar-refractivity contribution in [1.29, 1.82) is 0 Å². The summed E-state index contributed by atoms with van der Waals surface area (Å²) in [5.41, 5.74) is 2.12. The number of carboxylic acid groups (broad SMARTS) is 1. The summed E-state index contributed by atoms with van der Waals surface area (Å²) in [6, 6.07) is 8.00. The zero-order valence-electron chi connectivity index (χ0n) is 10.2. The lowest BCUT2D eigenvalue weighted by Crippen LogP contribution is -2.17. The SMILES string of the molecule is CC[C@@H](C(=O)O)c1ccc(N2CCCC2)cc1. The van der Waals surface area contributed by atoms with Crippen LogP contribution in [0, 0.1) is 0 Å². The summed E-state index contributed by atoms with van der Waals surface area (Å²) >= 11 is 0. The number of hydrogen-bond donors (Lipinski definition) is 1. The topological polar surface area (TPSA) is 40.5 Å². The molecule has 1 aromatic rings. The first-order chi connectivity index (χ1) is 8.22. The summed E-state index contributed by atoms with van der Waals surface area (Å²) in [6.45, 7) is 4.15. The summed E-state index contributed by atoms with van der Waals surface area (Å²) in [4.78, 5) is 13.4. The predicted molar refractivity (Wildman–Crippen MR) is 68.6 cm³/mol. The van der Waals surface area contributed by atoms with Crippen molar-refractivity contribution in [1.82, 2.24) is 0 Å². The fourth-order valence-electron chi connectivity index (χ4n) is 2.45. The standard InChI is InChI=1S/C14H19NO2/c1-2-13(14(16)17)11-5-7-12(8-6-11)15-9-3-4-10-15/h5-8,13H,2-4,9-10H2,1H3,(H,16,17)/t13-/m1/s1. The molecule has 0 spiro atoms. The number of hydrogen-bond acceptors (Lipinski definition) is 2. The molecular formula is C14H19NO2. The van der Waals surface area contributed by atoms with Crippen LogP contribution >= 0.6 is 0 Å². The molecule has 0 amide bonds. The molecule has 3 nitrogen and oxygen atoms in total. The largest absolute Gasteiger partial charge is 0.481 e. The predicted octanol–water partition coefficient (Wildman–Crippen LogP) is 2.87. The van der Waals surface area contributed by atoms with Gasteiger partial charge in [-0.2, -0.15) is 0 Å². The van der Waals surface area contributed by atoms with Gasteiger partial charge in [0, 0.05) is 18.8 Å².